The highest BCUT2D eigenvalue weighted by Crippen LogP contribution is 2.23. The maximum Gasteiger partial charge on any atom is 0.263 e. The van der Waals surface area contributed by atoms with Gasteiger partial charge in [0.1, 0.15) is 11.9 Å². The van der Waals surface area contributed by atoms with Gasteiger partial charge in [-0.25, -0.2) is 8.42 Å². The van der Waals surface area contributed by atoms with Crippen molar-refractivity contribution in [3.8, 4) is 0 Å². The molecule has 0 fully saturated rings. The third-order valence-electron chi connectivity index (χ3n) is 3.97. The molecule has 26 heavy (non-hydrogen) atoms. The molecule has 0 saturated carbocycles. The Morgan fingerprint density at radius 2 is 1.92 bits per heavy atom. The number of fused-ring (bicyclic) bond motifs is 1. The van der Waals surface area contributed by atoms with Crippen LogP contribution in [0.3, 0.4) is 0 Å². The first-order valence-corrected chi connectivity index (χ1v) is 10.5. The Balaban J connectivity index is 2.15. The number of nitrogens with one attached hydrogen (secondary N) is 3. The van der Waals surface area contributed by atoms with Crippen molar-refractivity contribution >= 4 is 21.8 Å². The zero-order valence-electron chi connectivity index (χ0n) is 15.6. The van der Waals surface area contributed by atoms with E-state index in [1.165, 1.54) is 6.07 Å². The smallest absolute Gasteiger partial charge is 0.263 e. The van der Waals surface area contributed by atoms with E-state index in [1.807, 2.05) is 13.8 Å². The van der Waals surface area contributed by atoms with Crippen LogP contribution in [0.2, 0.25) is 0 Å². The lowest BCUT2D eigenvalue weighted by molar-refractivity contribution is -0.122. The summed E-state index contributed by atoms with van der Waals surface area (Å²) in [6.45, 7) is 8.22. The van der Waals surface area contributed by atoms with E-state index in [4.69, 9.17) is 0 Å². The average molecular weight is 381 g/mol. The molecular weight excluding hydrogens is 352 g/mol. The number of carbonyl (C=O) groups is 1. The topological polar surface area (TPSA) is 99.7 Å². The standard InChI is InChI=1S/C18H28N4O3S/c1-4-9-19-10-11-20-18(23)15(12-13(2)3)21-17-14-7-5-6-8-16(14)26(24,25)22-17/h5-8,13,15,19H,4,9-12H2,1-3H3,(H,20,23)(H,21,22). The fraction of sp³-hybridized carbons (Fsp3) is 0.556. The van der Waals surface area contributed by atoms with Crippen molar-refractivity contribution < 1.29 is 13.2 Å². The Morgan fingerprint density at radius 3 is 2.62 bits per heavy atom. The van der Waals surface area contributed by atoms with Crippen LogP contribution in [0.25, 0.3) is 0 Å². The van der Waals surface area contributed by atoms with E-state index in [0.29, 0.717) is 25.1 Å². The fourth-order valence-corrected chi connectivity index (χ4v) is 3.98. The minimum atomic E-state index is -3.60. The monoisotopic (exact) mass is 380 g/mol. The first-order valence-electron chi connectivity index (χ1n) is 9.03. The molecule has 1 unspecified atom stereocenters. The summed E-state index contributed by atoms with van der Waals surface area (Å²) in [6, 6.07) is 6.03. The highest BCUT2D eigenvalue weighted by Gasteiger charge is 2.31. The van der Waals surface area contributed by atoms with Crippen LogP contribution in [0, 0.1) is 5.92 Å². The largest absolute Gasteiger partial charge is 0.353 e. The number of sulfonamides is 1. The van der Waals surface area contributed by atoms with Crippen molar-refractivity contribution in [2.75, 3.05) is 19.6 Å². The first kappa shape index (κ1) is 20.4. The van der Waals surface area contributed by atoms with E-state index < -0.39 is 16.1 Å². The molecule has 0 bridgehead atoms. The van der Waals surface area contributed by atoms with Gasteiger partial charge < -0.3 is 10.6 Å². The molecule has 0 aromatic heterocycles. The summed E-state index contributed by atoms with van der Waals surface area (Å²) in [5.74, 6) is 0.306. The van der Waals surface area contributed by atoms with Gasteiger partial charge in [-0.15, -0.1) is 0 Å². The van der Waals surface area contributed by atoms with Crippen LogP contribution in [0.4, 0.5) is 0 Å². The Bertz CT molecular complexity index is 759. The highest BCUT2D eigenvalue weighted by atomic mass is 32.2. The minimum Gasteiger partial charge on any atom is -0.353 e. The van der Waals surface area contributed by atoms with E-state index in [2.05, 4.69) is 27.3 Å². The third kappa shape index (κ3) is 5.28. The van der Waals surface area contributed by atoms with Crippen molar-refractivity contribution in [2.24, 2.45) is 10.9 Å². The van der Waals surface area contributed by atoms with Gasteiger partial charge in [0.2, 0.25) is 5.91 Å². The van der Waals surface area contributed by atoms with Gasteiger partial charge in [-0.05, 0) is 37.4 Å². The summed E-state index contributed by atoms with van der Waals surface area (Å²) >= 11 is 0. The van der Waals surface area contributed by atoms with Gasteiger partial charge in [0.05, 0.1) is 4.90 Å². The number of hydrogen-bond acceptors (Lipinski definition) is 5. The van der Waals surface area contributed by atoms with Crippen molar-refractivity contribution in [2.45, 2.75) is 44.6 Å². The number of amides is 1. The lowest BCUT2D eigenvalue weighted by atomic mass is 10.0. The molecule has 1 aromatic rings. The number of carbonyl (C=O) groups excluding carboxylic acids is 1. The number of amidine groups is 1. The second-order valence-corrected chi connectivity index (χ2v) is 8.42. The van der Waals surface area contributed by atoms with E-state index in [9.17, 15) is 13.2 Å². The van der Waals surface area contributed by atoms with Crippen LogP contribution in [-0.2, 0) is 14.8 Å². The zero-order chi connectivity index (χ0) is 19.2. The molecule has 7 nitrogen and oxygen atoms in total. The molecule has 8 heteroatoms. The van der Waals surface area contributed by atoms with Gasteiger partial charge in [0.15, 0.2) is 0 Å². The molecule has 0 saturated heterocycles. The second kappa shape index (κ2) is 9.14. The van der Waals surface area contributed by atoms with Gasteiger partial charge in [-0.1, -0.05) is 32.9 Å². The minimum absolute atomic E-state index is 0.187. The van der Waals surface area contributed by atoms with Crippen LogP contribution in [-0.4, -0.2) is 45.8 Å². The van der Waals surface area contributed by atoms with Gasteiger partial charge >= 0.3 is 0 Å². The van der Waals surface area contributed by atoms with E-state index in [0.717, 1.165) is 13.0 Å². The van der Waals surface area contributed by atoms with Crippen LogP contribution >= 0.6 is 0 Å². The zero-order valence-corrected chi connectivity index (χ0v) is 16.4. The quantitative estimate of drug-likeness (QED) is 0.562. The molecule has 3 N–H and O–H groups in total. The molecule has 0 radical (unpaired) electrons. The van der Waals surface area contributed by atoms with E-state index >= 15 is 0 Å². The van der Waals surface area contributed by atoms with E-state index in [1.54, 1.807) is 18.2 Å². The van der Waals surface area contributed by atoms with Gasteiger partial charge in [0, 0.05) is 18.7 Å². The Labute approximate surface area is 155 Å². The number of rotatable bonds is 9. The first-order chi connectivity index (χ1) is 12.3. The summed E-state index contributed by atoms with van der Waals surface area (Å²) in [5.41, 5.74) is 0.513. The number of nitrogens with zero attached hydrogens (tertiary/aromatic N) is 1. The lowest BCUT2D eigenvalue weighted by Crippen LogP contribution is -2.39. The molecule has 1 amide bonds. The summed E-state index contributed by atoms with van der Waals surface area (Å²) < 4.78 is 26.9. The third-order valence-corrected chi connectivity index (χ3v) is 5.37. The molecule has 1 heterocycles. The van der Waals surface area contributed by atoms with Gasteiger partial charge in [0.25, 0.3) is 10.0 Å². The Kier molecular flexibility index (Phi) is 7.16. The van der Waals surface area contributed by atoms with Crippen LogP contribution in [0.5, 0.6) is 0 Å². The summed E-state index contributed by atoms with van der Waals surface area (Å²) in [6.07, 6.45) is 1.58. The molecule has 1 aromatic carbocycles. The maximum absolute atomic E-state index is 12.5. The predicted octanol–water partition coefficient (Wildman–Crippen LogP) is 1.26. The Morgan fingerprint density at radius 1 is 1.19 bits per heavy atom. The van der Waals surface area contributed by atoms with Gasteiger partial charge in [-0.2, -0.15) is 0 Å². The lowest BCUT2D eigenvalue weighted by Gasteiger charge is -2.16. The van der Waals surface area contributed by atoms with Crippen molar-refractivity contribution in [1.82, 2.24) is 15.4 Å². The molecule has 1 atom stereocenters. The highest BCUT2D eigenvalue weighted by molar-refractivity contribution is 7.90. The summed E-state index contributed by atoms with van der Waals surface area (Å²) in [5, 5.41) is 6.10. The molecule has 1 aliphatic heterocycles. The van der Waals surface area contributed by atoms with Gasteiger partial charge in [-0.3, -0.25) is 14.5 Å². The normalized spacial score (nSPS) is 17.8. The molecule has 0 aliphatic carbocycles. The number of aliphatic imine (C=N–C) groups is 1. The second-order valence-electron chi connectivity index (χ2n) is 6.77. The Hall–Kier alpha value is -1.93. The predicted molar refractivity (Wildman–Crippen MR) is 103 cm³/mol. The SMILES string of the molecule is CCCNCCNC(=O)C(CC(C)C)N=C1NS(=O)(=O)c2ccccc21. The molecule has 144 valence electrons. The van der Waals surface area contributed by atoms with Crippen molar-refractivity contribution in [3.05, 3.63) is 29.8 Å². The fourth-order valence-electron chi connectivity index (χ4n) is 2.74. The van der Waals surface area contributed by atoms with Crippen LogP contribution in [0.15, 0.2) is 34.2 Å². The van der Waals surface area contributed by atoms with Crippen molar-refractivity contribution in [3.63, 3.8) is 0 Å². The molecule has 1 aliphatic rings. The molecular formula is C18H28N4O3S. The summed E-state index contributed by atoms with van der Waals surface area (Å²) in [7, 11) is -3.60. The van der Waals surface area contributed by atoms with Crippen LogP contribution in [0.1, 0.15) is 39.2 Å². The number of benzene rings is 1. The van der Waals surface area contributed by atoms with Crippen molar-refractivity contribution in [1.29, 1.82) is 0 Å². The average Bonchev–Trinajstić information content (AvgIpc) is 2.84. The van der Waals surface area contributed by atoms with Crippen LogP contribution < -0.4 is 15.4 Å². The van der Waals surface area contributed by atoms with E-state index in [-0.39, 0.29) is 22.6 Å². The molecule has 0 spiro atoms. The maximum atomic E-state index is 12.5. The molecule has 2 rings (SSSR count). The summed E-state index contributed by atoms with van der Waals surface area (Å²) in [4.78, 5) is 17.2. The number of hydrogen-bond donors (Lipinski definition) is 3.